The van der Waals surface area contributed by atoms with Crippen molar-refractivity contribution in [2.24, 2.45) is 0 Å². The summed E-state index contributed by atoms with van der Waals surface area (Å²) >= 11 is 0. The summed E-state index contributed by atoms with van der Waals surface area (Å²) in [4.78, 5) is 37.4. The largest absolute Gasteiger partial charge is 0.477 e. The van der Waals surface area contributed by atoms with Crippen molar-refractivity contribution in [2.45, 2.75) is 302 Å². The van der Waals surface area contributed by atoms with Crippen LogP contribution in [0, 0.1) is 0 Å². The zero-order valence-electron chi connectivity index (χ0n) is 52.7. The SMILES string of the molecule is CC/C=C\C/C=C\C/C=C\C/C=C\C/C=C\CCCCCCCCCCCCCCCCCCCCCCCCCCCC(=O)OC(COC(=O)CCCCCCC/C=C\C/C=C\CCCC)COC(OCC[N+](C)(C)C)C(=O)O. The summed E-state index contributed by atoms with van der Waals surface area (Å²) in [5.41, 5.74) is 0. The van der Waals surface area contributed by atoms with Gasteiger partial charge in [-0.3, -0.25) is 9.59 Å². The minimum absolute atomic E-state index is 0.185. The second-order valence-electron chi connectivity index (χ2n) is 23.4. The first-order chi connectivity index (χ1) is 39.1. The Hall–Kier alpha value is -3.53. The summed E-state index contributed by atoms with van der Waals surface area (Å²) in [6.45, 7) is 4.72. The van der Waals surface area contributed by atoms with Gasteiger partial charge in [-0.15, -0.1) is 0 Å². The van der Waals surface area contributed by atoms with Gasteiger partial charge in [-0.05, 0) is 83.5 Å². The number of nitrogens with zero attached hydrogens (tertiary/aromatic N) is 1. The van der Waals surface area contributed by atoms with E-state index in [-0.39, 0.29) is 38.6 Å². The number of carbonyl (C=O) groups is 3. The Morgan fingerprint density at radius 2 is 0.713 bits per heavy atom. The first-order valence-electron chi connectivity index (χ1n) is 33.3. The molecule has 1 N–H and O–H groups in total. The zero-order chi connectivity index (χ0) is 58.3. The van der Waals surface area contributed by atoms with Gasteiger partial charge in [0.05, 0.1) is 34.4 Å². The molecule has 0 amide bonds. The predicted molar refractivity (Wildman–Crippen MR) is 341 cm³/mol. The van der Waals surface area contributed by atoms with E-state index in [1.807, 2.05) is 21.1 Å². The van der Waals surface area contributed by atoms with Gasteiger partial charge in [0.2, 0.25) is 0 Å². The van der Waals surface area contributed by atoms with E-state index < -0.39 is 24.3 Å². The second-order valence-corrected chi connectivity index (χ2v) is 23.4. The molecule has 0 rings (SSSR count). The van der Waals surface area contributed by atoms with Crippen LogP contribution in [0.5, 0.6) is 0 Å². The molecule has 462 valence electrons. The number of hydrogen-bond donors (Lipinski definition) is 1. The highest BCUT2D eigenvalue weighted by atomic mass is 16.7. The molecule has 0 aliphatic rings. The van der Waals surface area contributed by atoms with Gasteiger partial charge < -0.3 is 28.5 Å². The van der Waals surface area contributed by atoms with E-state index in [1.54, 1.807) is 0 Å². The zero-order valence-corrected chi connectivity index (χ0v) is 52.7. The lowest BCUT2D eigenvalue weighted by atomic mass is 10.0. The summed E-state index contributed by atoms with van der Waals surface area (Å²) in [6.07, 6.45) is 80.0. The molecule has 0 aliphatic heterocycles. The van der Waals surface area contributed by atoms with Crippen molar-refractivity contribution in [1.82, 2.24) is 0 Å². The predicted octanol–water partition coefficient (Wildman–Crippen LogP) is 20.3. The van der Waals surface area contributed by atoms with Gasteiger partial charge in [0.1, 0.15) is 13.2 Å². The van der Waals surface area contributed by atoms with Crippen LogP contribution in [0.3, 0.4) is 0 Å². The Morgan fingerprint density at radius 3 is 1.06 bits per heavy atom. The average Bonchev–Trinajstić information content (AvgIpc) is 3.43. The molecule has 80 heavy (non-hydrogen) atoms. The summed E-state index contributed by atoms with van der Waals surface area (Å²) in [7, 11) is 5.97. The molecule has 0 saturated heterocycles. The van der Waals surface area contributed by atoms with Gasteiger partial charge in [0.15, 0.2) is 6.10 Å². The number of rotatable bonds is 61. The van der Waals surface area contributed by atoms with Crippen LogP contribution < -0.4 is 0 Å². The van der Waals surface area contributed by atoms with Crippen molar-refractivity contribution in [2.75, 3.05) is 47.5 Å². The van der Waals surface area contributed by atoms with Crippen molar-refractivity contribution in [3.8, 4) is 0 Å². The number of carboxylic acids is 1. The number of hydrogen-bond acceptors (Lipinski definition) is 7. The van der Waals surface area contributed by atoms with Crippen molar-refractivity contribution >= 4 is 17.9 Å². The van der Waals surface area contributed by atoms with E-state index in [4.69, 9.17) is 18.9 Å². The maximum absolute atomic E-state index is 12.9. The number of unbranched alkanes of at least 4 members (excludes halogenated alkanes) is 32. The van der Waals surface area contributed by atoms with Crippen LogP contribution in [-0.4, -0.2) is 87.4 Å². The molecule has 0 aliphatic carbocycles. The summed E-state index contributed by atoms with van der Waals surface area (Å²) < 4.78 is 22.9. The molecule has 9 heteroatoms. The van der Waals surface area contributed by atoms with Crippen LogP contribution in [-0.2, 0) is 33.3 Å². The van der Waals surface area contributed by atoms with Crippen molar-refractivity contribution in [3.63, 3.8) is 0 Å². The van der Waals surface area contributed by atoms with E-state index in [0.717, 1.165) is 96.3 Å². The van der Waals surface area contributed by atoms with Crippen molar-refractivity contribution < 1.29 is 42.9 Å². The maximum Gasteiger partial charge on any atom is 0.361 e. The quantitative estimate of drug-likeness (QED) is 0.0211. The molecule has 0 spiro atoms. The summed E-state index contributed by atoms with van der Waals surface area (Å²) in [5.74, 6) is -2.01. The lowest BCUT2D eigenvalue weighted by molar-refractivity contribution is -0.870. The highest BCUT2D eigenvalue weighted by Crippen LogP contribution is 2.18. The minimum atomic E-state index is -1.51. The molecular weight excluding hydrogens is 995 g/mol. The lowest BCUT2D eigenvalue weighted by Crippen LogP contribution is -2.40. The van der Waals surface area contributed by atoms with Gasteiger partial charge in [0.25, 0.3) is 6.29 Å². The van der Waals surface area contributed by atoms with Crippen LogP contribution >= 0.6 is 0 Å². The minimum Gasteiger partial charge on any atom is -0.477 e. The highest BCUT2D eigenvalue weighted by molar-refractivity contribution is 5.71. The van der Waals surface area contributed by atoms with Crippen LogP contribution in [0.2, 0.25) is 0 Å². The summed E-state index contributed by atoms with van der Waals surface area (Å²) in [5, 5.41) is 9.71. The number of ether oxygens (including phenoxy) is 4. The Kier molecular flexibility index (Phi) is 58.8. The molecule has 0 bridgehead atoms. The number of allylic oxidation sites excluding steroid dienone is 14. The van der Waals surface area contributed by atoms with Gasteiger partial charge >= 0.3 is 17.9 Å². The number of likely N-dealkylation sites (N-methyl/N-ethyl adjacent to an activating group) is 1. The fourth-order valence-corrected chi connectivity index (χ4v) is 9.29. The van der Waals surface area contributed by atoms with Gasteiger partial charge in [-0.2, -0.15) is 0 Å². The molecule has 0 aromatic carbocycles. The van der Waals surface area contributed by atoms with Crippen LogP contribution in [0.25, 0.3) is 0 Å². The molecular formula is C71H126NO8+. The highest BCUT2D eigenvalue weighted by Gasteiger charge is 2.25. The van der Waals surface area contributed by atoms with Crippen LogP contribution in [0.1, 0.15) is 290 Å². The molecule has 2 unspecified atom stereocenters. The van der Waals surface area contributed by atoms with Gasteiger partial charge in [0, 0.05) is 12.8 Å². The first-order valence-corrected chi connectivity index (χ1v) is 33.3. The van der Waals surface area contributed by atoms with Crippen molar-refractivity contribution in [3.05, 3.63) is 85.1 Å². The second kappa shape index (κ2) is 61.5. The van der Waals surface area contributed by atoms with Gasteiger partial charge in [-0.25, -0.2) is 4.79 Å². The van der Waals surface area contributed by atoms with E-state index >= 15 is 0 Å². The Labute approximate surface area is 493 Å². The normalized spacial score (nSPS) is 13.3. The number of esters is 2. The lowest BCUT2D eigenvalue weighted by Gasteiger charge is -2.25. The standard InChI is InChI=1S/C71H125NO8/c1-6-8-10-12-14-16-18-20-22-23-24-25-26-27-28-29-30-31-32-33-34-35-36-37-38-39-40-41-42-43-44-45-46-47-48-50-52-54-56-58-60-62-69(74)80-67(66-79-71(70(75)76)77-64-63-72(3,4)5)65-78-68(73)61-59-57-55-53-51-49-21-19-17-15-13-11-9-7-2/h8,10,13-16,19-22,24-25,27-28,67,71H,6-7,9,11-12,17-18,23,26,29-66H2,1-5H3/p+1/b10-8-,15-13-,16-14-,21-19-,22-20-,25-24-,28-27-. The van der Waals surface area contributed by atoms with E-state index in [2.05, 4.69) is 98.9 Å². The first kappa shape index (κ1) is 76.5. The van der Waals surface area contributed by atoms with E-state index in [0.29, 0.717) is 11.0 Å². The molecule has 9 nitrogen and oxygen atoms in total. The molecule has 0 aromatic heterocycles. The molecule has 0 saturated carbocycles. The fraction of sp³-hybridized carbons (Fsp3) is 0.761. The summed E-state index contributed by atoms with van der Waals surface area (Å²) in [6, 6.07) is 0. The molecule has 0 radical (unpaired) electrons. The third-order valence-corrected chi connectivity index (χ3v) is 14.4. The third kappa shape index (κ3) is 62.1. The molecule has 0 fully saturated rings. The molecule has 2 atom stereocenters. The molecule has 0 aromatic rings. The Balaban J connectivity index is 3.94. The Bertz CT molecular complexity index is 1590. The number of carbonyl (C=O) groups excluding carboxylic acids is 2. The van der Waals surface area contributed by atoms with Crippen molar-refractivity contribution in [1.29, 1.82) is 0 Å². The van der Waals surface area contributed by atoms with Crippen LogP contribution in [0.4, 0.5) is 0 Å². The third-order valence-electron chi connectivity index (χ3n) is 14.4. The van der Waals surface area contributed by atoms with Crippen LogP contribution in [0.15, 0.2) is 85.1 Å². The number of carboxylic acid groups (broad SMARTS) is 1. The van der Waals surface area contributed by atoms with Gasteiger partial charge in [-0.1, -0.05) is 279 Å². The topological polar surface area (TPSA) is 108 Å². The number of quaternary nitrogens is 1. The smallest absolute Gasteiger partial charge is 0.361 e. The monoisotopic (exact) mass is 1120 g/mol. The maximum atomic E-state index is 12.9. The Morgan fingerprint density at radius 1 is 0.388 bits per heavy atom. The number of aliphatic carboxylic acids is 1. The average molecular weight is 1120 g/mol. The molecule has 0 heterocycles. The van der Waals surface area contributed by atoms with E-state index in [9.17, 15) is 19.5 Å². The van der Waals surface area contributed by atoms with E-state index in [1.165, 1.54) is 167 Å². The fourth-order valence-electron chi connectivity index (χ4n) is 9.29.